The van der Waals surface area contributed by atoms with Crippen LogP contribution in [-0.4, -0.2) is 53.4 Å². The van der Waals surface area contributed by atoms with Gasteiger partial charge in [-0.25, -0.2) is 14.8 Å². The lowest BCUT2D eigenvalue weighted by Gasteiger charge is -2.45. The molecular formula is C16H21Cl2F4N3. The van der Waals surface area contributed by atoms with E-state index in [0.717, 1.165) is 0 Å². The van der Waals surface area contributed by atoms with Gasteiger partial charge in [0.2, 0.25) is 0 Å². The molecule has 0 radical (unpaired) electrons. The average molecular weight is 402 g/mol. The predicted molar refractivity (Wildman–Crippen MR) is 88.8 cm³/mol. The molecular weight excluding hydrogens is 381 g/mol. The minimum absolute atomic E-state index is 0.0402. The number of nitrogens with zero attached hydrogens (tertiary/aromatic N) is 1. The molecule has 0 aromatic carbocycles. The molecule has 0 amide bonds. The minimum atomic E-state index is -4.29. The van der Waals surface area contributed by atoms with Gasteiger partial charge in [0.25, 0.3) is 0 Å². The van der Waals surface area contributed by atoms with E-state index in [1.807, 2.05) is 5.01 Å². The molecule has 2 heterocycles. The number of alkyl halides is 6. The van der Waals surface area contributed by atoms with E-state index in [4.69, 9.17) is 29.6 Å². The molecule has 25 heavy (non-hydrogen) atoms. The number of hydrogen-bond donors (Lipinski definition) is 2. The Hall–Kier alpha value is -0.260. The summed E-state index contributed by atoms with van der Waals surface area (Å²) in [6.07, 6.45) is 0.446. The Morgan fingerprint density at radius 1 is 1.16 bits per heavy atom. The van der Waals surface area contributed by atoms with Gasteiger partial charge in [0.15, 0.2) is 0 Å². The van der Waals surface area contributed by atoms with Gasteiger partial charge in [-0.2, -0.15) is 13.2 Å². The smallest absolute Gasteiger partial charge is 0.312 e. The highest BCUT2D eigenvalue weighted by atomic mass is 35.5. The van der Waals surface area contributed by atoms with Crippen LogP contribution in [0.4, 0.5) is 17.6 Å². The van der Waals surface area contributed by atoms with Gasteiger partial charge in [-0.05, 0) is 19.3 Å². The first kappa shape index (κ1) is 19.5. The summed E-state index contributed by atoms with van der Waals surface area (Å²) in [5, 5.41) is 3.94. The fourth-order valence-electron chi connectivity index (χ4n) is 4.43. The largest absolute Gasteiger partial charge is 0.393 e. The molecule has 1 aliphatic carbocycles. The predicted octanol–water partition coefficient (Wildman–Crippen LogP) is 2.89. The van der Waals surface area contributed by atoms with Gasteiger partial charge >= 0.3 is 6.18 Å². The number of rotatable bonds is 2. The lowest BCUT2D eigenvalue weighted by molar-refractivity contribution is -0.180. The molecule has 2 saturated heterocycles. The number of fused-ring (bicyclic) bond motifs is 1. The summed E-state index contributed by atoms with van der Waals surface area (Å²) < 4.78 is 53.5. The van der Waals surface area contributed by atoms with Crippen LogP contribution in [0.25, 0.3) is 0 Å². The molecule has 1 saturated carbocycles. The van der Waals surface area contributed by atoms with Crippen molar-refractivity contribution >= 4 is 23.2 Å². The van der Waals surface area contributed by atoms with Crippen molar-refractivity contribution in [1.29, 1.82) is 0 Å². The van der Waals surface area contributed by atoms with E-state index in [1.54, 1.807) is 0 Å². The van der Waals surface area contributed by atoms with Crippen LogP contribution in [0.5, 0.6) is 0 Å². The maximum Gasteiger partial charge on any atom is 0.393 e. The summed E-state index contributed by atoms with van der Waals surface area (Å²) >= 11 is 12.5. The Morgan fingerprint density at radius 2 is 1.88 bits per heavy atom. The molecule has 8 atom stereocenters. The van der Waals surface area contributed by atoms with Crippen LogP contribution in [0, 0.1) is 30.1 Å². The maximum absolute atomic E-state index is 14.8. The topological polar surface area (TPSA) is 27.3 Å². The molecule has 2 aliphatic heterocycles. The number of hydrazine groups is 1. The Kier molecular flexibility index (Phi) is 5.77. The molecule has 0 aromatic rings. The third-order valence-electron chi connectivity index (χ3n) is 5.72. The van der Waals surface area contributed by atoms with Crippen molar-refractivity contribution < 1.29 is 17.6 Å². The summed E-state index contributed by atoms with van der Waals surface area (Å²) in [4.78, 5) is 0. The lowest BCUT2D eigenvalue weighted by Crippen LogP contribution is -2.58. The van der Waals surface area contributed by atoms with E-state index in [9.17, 15) is 17.6 Å². The van der Waals surface area contributed by atoms with Gasteiger partial charge in [-0.1, -0.05) is 5.92 Å². The van der Waals surface area contributed by atoms with Gasteiger partial charge < -0.3 is 5.32 Å². The molecule has 9 heteroatoms. The Balaban J connectivity index is 1.70. The van der Waals surface area contributed by atoms with Gasteiger partial charge in [0.05, 0.1) is 18.0 Å². The molecule has 0 spiro atoms. The van der Waals surface area contributed by atoms with E-state index in [1.165, 1.54) is 0 Å². The van der Waals surface area contributed by atoms with Gasteiger partial charge in [-0.3, -0.25) is 0 Å². The second kappa shape index (κ2) is 7.40. The molecule has 0 bridgehead atoms. The van der Waals surface area contributed by atoms with Gasteiger partial charge in [0.1, 0.15) is 6.17 Å². The average Bonchev–Trinajstić information content (AvgIpc) is 2.82. The Bertz CT molecular complexity index is 526. The minimum Gasteiger partial charge on any atom is -0.312 e. The first-order chi connectivity index (χ1) is 11.7. The first-order valence-electron chi connectivity index (χ1n) is 8.41. The molecule has 3 fully saturated rings. The standard InChI is InChI=1S/C16H21Cl2F4N3/c1-2-3-25-13-6-9(12(19)5-10(13)15(18)24-25)14-11(17)4-8(7-23-14)16(20,21)22/h1,8-15,23-24H,3-7H2. The van der Waals surface area contributed by atoms with Crippen LogP contribution >= 0.6 is 23.2 Å². The van der Waals surface area contributed by atoms with Crippen LogP contribution in [0.2, 0.25) is 0 Å². The van der Waals surface area contributed by atoms with E-state index in [-0.39, 0.29) is 31.3 Å². The maximum atomic E-state index is 14.8. The summed E-state index contributed by atoms with van der Waals surface area (Å²) in [5.74, 6) is 0.519. The highest BCUT2D eigenvalue weighted by Gasteiger charge is 2.52. The number of halogens is 6. The zero-order chi connectivity index (χ0) is 18.4. The fourth-order valence-corrected chi connectivity index (χ4v) is 5.31. The normalized spacial score (nSPS) is 45.8. The van der Waals surface area contributed by atoms with Crippen LogP contribution in [-0.2, 0) is 0 Å². The number of terminal acetylenes is 1. The summed E-state index contributed by atoms with van der Waals surface area (Å²) in [7, 11) is 0. The molecule has 8 unspecified atom stereocenters. The quantitative estimate of drug-likeness (QED) is 0.322. The highest BCUT2D eigenvalue weighted by Crippen LogP contribution is 2.44. The van der Waals surface area contributed by atoms with Crippen molar-refractivity contribution in [3.05, 3.63) is 0 Å². The van der Waals surface area contributed by atoms with Crippen LogP contribution in [0.3, 0.4) is 0 Å². The van der Waals surface area contributed by atoms with Crippen molar-refractivity contribution in [1.82, 2.24) is 15.8 Å². The monoisotopic (exact) mass is 401 g/mol. The van der Waals surface area contributed by atoms with Crippen molar-refractivity contribution in [2.24, 2.45) is 17.8 Å². The molecule has 142 valence electrons. The Morgan fingerprint density at radius 3 is 2.48 bits per heavy atom. The number of hydrogen-bond acceptors (Lipinski definition) is 3. The summed E-state index contributed by atoms with van der Waals surface area (Å²) in [6, 6.07) is -0.528. The third kappa shape index (κ3) is 3.89. The second-order valence-electron chi connectivity index (χ2n) is 7.17. The number of piperidine rings is 1. The fraction of sp³-hybridized carbons (Fsp3) is 0.875. The third-order valence-corrected chi connectivity index (χ3v) is 6.59. The Labute approximate surface area is 154 Å². The highest BCUT2D eigenvalue weighted by molar-refractivity contribution is 6.21. The molecule has 3 nitrogen and oxygen atoms in total. The van der Waals surface area contributed by atoms with E-state index in [2.05, 4.69) is 16.7 Å². The zero-order valence-electron chi connectivity index (χ0n) is 13.4. The molecule has 0 aromatic heterocycles. The van der Waals surface area contributed by atoms with Crippen LogP contribution in [0.1, 0.15) is 19.3 Å². The van der Waals surface area contributed by atoms with Gasteiger partial charge in [0, 0.05) is 35.8 Å². The van der Waals surface area contributed by atoms with Crippen LogP contribution < -0.4 is 10.7 Å². The van der Waals surface area contributed by atoms with E-state index >= 15 is 0 Å². The molecule has 2 N–H and O–H groups in total. The zero-order valence-corrected chi connectivity index (χ0v) is 15.0. The SMILES string of the molecule is C#CCN1NC(Cl)C2CC(F)C(C3NCC(C(F)(F)F)CC3Cl)CC21. The van der Waals surface area contributed by atoms with E-state index in [0.29, 0.717) is 13.0 Å². The van der Waals surface area contributed by atoms with Crippen LogP contribution in [0.15, 0.2) is 0 Å². The van der Waals surface area contributed by atoms with Crippen molar-refractivity contribution in [2.75, 3.05) is 13.1 Å². The van der Waals surface area contributed by atoms with Gasteiger partial charge in [-0.15, -0.1) is 29.6 Å². The summed E-state index contributed by atoms with van der Waals surface area (Å²) in [5.41, 5.74) is 2.68. The van der Waals surface area contributed by atoms with Crippen molar-refractivity contribution in [3.63, 3.8) is 0 Å². The van der Waals surface area contributed by atoms with Crippen molar-refractivity contribution in [3.8, 4) is 12.3 Å². The molecule has 3 rings (SSSR count). The molecule has 3 aliphatic rings. The summed E-state index contributed by atoms with van der Waals surface area (Å²) in [6.45, 7) is 0.117. The number of nitrogens with one attached hydrogen (secondary N) is 2. The lowest BCUT2D eigenvalue weighted by atomic mass is 9.72. The van der Waals surface area contributed by atoms with Crippen molar-refractivity contribution in [2.45, 2.75) is 54.6 Å². The second-order valence-corrected chi connectivity index (χ2v) is 8.20. The first-order valence-corrected chi connectivity index (χ1v) is 9.28. The van der Waals surface area contributed by atoms with E-state index < -0.39 is 41.1 Å².